The van der Waals surface area contributed by atoms with Crippen LogP contribution in [0.1, 0.15) is 39.9 Å². The molecule has 0 bridgehead atoms. The van der Waals surface area contributed by atoms with Gasteiger partial charge in [0, 0.05) is 37.9 Å². The number of hydrogen-bond donors (Lipinski definition) is 2. The van der Waals surface area contributed by atoms with Gasteiger partial charge in [-0.1, -0.05) is 24.1 Å². The number of rotatable bonds is 10. The van der Waals surface area contributed by atoms with Crippen molar-refractivity contribution in [1.82, 2.24) is 29.8 Å². The lowest BCUT2D eigenvalue weighted by molar-refractivity contribution is 0.0949. The number of amides is 1. The minimum absolute atomic E-state index is 0.00197. The second kappa shape index (κ2) is 11.0. The number of benzene rings is 1. The number of pyridine rings is 2. The van der Waals surface area contributed by atoms with Crippen molar-refractivity contribution in [3.63, 3.8) is 0 Å². The number of aromatic nitrogens is 4. The molecule has 5 rings (SSSR count). The van der Waals surface area contributed by atoms with E-state index in [1.165, 1.54) is 16.8 Å². The van der Waals surface area contributed by atoms with Gasteiger partial charge in [-0.05, 0) is 54.3 Å². The fourth-order valence-electron chi connectivity index (χ4n) is 3.94. The van der Waals surface area contributed by atoms with Crippen molar-refractivity contribution in [2.75, 3.05) is 6.61 Å². The largest absolute Gasteiger partial charge is 0.474 e. The van der Waals surface area contributed by atoms with Crippen LogP contribution in [-0.2, 0) is 20.1 Å². The molecule has 0 atom stereocenters. The zero-order chi connectivity index (χ0) is 26.5. The third-order valence-electron chi connectivity index (χ3n) is 6.37. The van der Waals surface area contributed by atoms with Gasteiger partial charge in [0.05, 0.1) is 22.6 Å². The molecular formula is C27H25N7O3S. The summed E-state index contributed by atoms with van der Waals surface area (Å²) >= 11 is 1.65. The van der Waals surface area contributed by atoms with Crippen LogP contribution >= 0.6 is 11.9 Å². The standard InChI is InChI=1S/C27H25N7O3S/c1-34-23-21(12-22(26(34)36)24(35)30-14-19-4-2-18(13-28)3-5-19)16-31-33-25(23)37-17-27(8-9-27)38-32-15-20-6-10-29-11-7-20/h2-7,10-12,16,32H,8-9,14-15,17H2,1H3,(H,30,35). The topological polar surface area (TPSA) is 135 Å². The van der Waals surface area contributed by atoms with Crippen molar-refractivity contribution in [2.24, 2.45) is 7.05 Å². The number of ether oxygens (including phenoxy) is 1. The molecule has 192 valence electrons. The molecule has 1 fully saturated rings. The Balaban J connectivity index is 1.26. The average molecular weight is 528 g/mol. The molecular weight excluding hydrogens is 502 g/mol. The van der Waals surface area contributed by atoms with Crippen LogP contribution in [0.15, 0.2) is 65.8 Å². The maximum atomic E-state index is 13.1. The molecule has 4 aromatic rings. The van der Waals surface area contributed by atoms with Crippen molar-refractivity contribution < 1.29 is 9.53 Å². The molecule has 0 unspecified atom stereocenters. The van der Waals surface area contributed by atoms with Crippen LogP contribution in [0.3, 0.4) is 0 Å². The second-order valence-electron chi connectivity index (χ2n) is 9.12. The van der Waals surface area contributed by atoms with Gasteiger partial charge in [0.1, 0.15) is 17.7 Å². The van der Waals surface area contributed by atoms with E-state index in [0.717, 1.165) is 24.0 Å². The monoisotopic (exact) mass is 527 g/mol. The summed E-state index contributed by atoms with van der Waals surface area (Å²) in [5.74, 6) is -0.239. The second-order valence-corrected chi connectivity index (χ2v) is 10.5. The highest BCUT2D eigenvalue weighted by Crippen LogP contribution is 2.47. The first-order valence-corrected chi connectivity index (χ1v) is 12.8. The number of hydrogen-bond acceptors (Lipinski definition) is 9. The smallest absolute Gasteiger partial charge is 0.263 e. The Morgan fingerprint density at radius 1 is 1.16 bits per heavy atom. The summed E-state index contributed by atoms with van der Waals surface area (Å²) in [5, 5.41) is 20.5. The van der Waals surface area contributed by atoms with Crippen LogP contribution in [0, 0.1) is 11.3 Å². The molecule has 1 saturated carbocycles. The third kappa shape index (κ3) is 5.66. The van der Waals surface area contributed by atoms with Gasteiger partial charge in [-0.25, -0.2) is 0 Å². The number of carbonyl (C=O) groups excluding carboxylic acids is 1. The first-order valence-electron chi connectivity index (χ1n) is 12.0. The predicted molar refractivity (Wildman–Crippen MR) is 143 cm³/mol. The van der Waals surface area contributed by atoms with Gasteiger partial charge >= 0.3 is 0 Å². The number of carbonyl (C=O) groups is 1. The minimum Gasteiger partial charge on any atom is -0.474 e. The highest BCUT2D eigenvalue weighted by atomic mass is 32.2. The molecule has 0 spiro atoms. The normalized spacial score (nSPS) is 13.6. The van der Waals surface area contributed by atoms with E-state index in [0.29, 0.717) is 29.6 Å². The van der Waals surface area contributed by atoms with Gasteiger partial charge in [-0.2, -0.15) is 10.4 Å². The summed E-state index contributed by atoms with van der Waals surface area (Å²) in [6, 6.07) is 14.4. The lowest BCUT2D eigenvalue weighted by Gasteiger charge is -2.17. The highest BCUT2D eigenvalue weighted by Gasteiger charge is 2.45. The molecule has 11 heteroatoms. The van der Waals surface area contributed by atoms with E-state index in [1.54, 1.807) is 55.7 Å². The maximum absolute atomic E-state index is 13.1. The molecule has 3 aromatic heterocycles. The Kier molecular flexibility index (Phi) is 7.35. The Bertz CT molecular complexity index is 1560. The summed E-state index contributed by atoms with van der Waals surface area (Å²) in [5.41, 5.74) is 2.54. The van der Waals surface area contributed by atoms with Crippen molar-refractivity contribution in [3.05, 3.63) is 93.7 Å². The lowest BCUT2D eigenvalue weighted by atomic mass is 10.1. The van der Waals surface area contributed by atoms with Gasteiger partial charge in [-0.15, -0.1) is 5.10 Å². The summed E-state index contributed by atoms with van der Waals surface area (Å²) < 4.78 is 10.8. The molecule has 3 heterocycles. The van der Waals surface area contributed by atoms with E-state index >= 15 is 0 Å². The SMILES string of the molecule is Cn1c(=O)c(C(=O)NCc2ccc(C#N)cc2)cc2cnnc(OCC3(SNCc4ccncc4)CC3)c21. The van der Waals surface area contributed by atoms with Crippen LogP contribution in [0.2, 0.25) is 0 Å². The molecule has 0 radical (unpaired) electrons. The van der Waals surface area contributed by atoms with Crippen LogP contribution in [0.5, 0.6) is 5.88 Å². The summed E-state index contributed by atoms with van der Waals surface area (Å²) in [6.07, 6.45) is 7.05. The Hall–Kier alpha value is -4.27. The molecule has 2 N–H and O–H groups in total. The van der Waals surface area contributed by atoms with Crippen molar-refractivity contribution in [3.8, 4) is 11.9 Å². The fourth-order valence-corrected chi connectivity index (χ4v) is 4.91. The third-order valence-corrected chi connectivity index (χ3v) is 7.61. The Labute approximate surface area is 223 Å². The minimum atomic E-state index is -0.496. The van der Waals surface area contributed by atoms with Crippen LogP contribution in [0.4, 0.5) is 0 Å². The first kappa shape index (κ1) is 25.4. The summed E-state index contributed by atoms with van der Waals surface area (Å²) in [7, 11) is 1.59. The van der Waals surface area contributed by atoms with Crippen molar-refractivity contribution in [2.45, 2.75) is 30.7 Å². The number of nitriles is 1. The van der Waals surface area contributed by atoms with E-state index in [4.69, 9.17) is 10.00 Å². The lowest BCUT2D eigenvalue weighted by Crippen LogP contribution is -2.32. The molecule has 1 aliphatic carbocycles. The Morgan fingerprint density at radius 3 is 2.61 bits per heavy atom. The number of fused-ring (bicyclic) bond motifs is 1. The zero-order valence-electron chi connectivity index (χ0n) is 20.7. The zero-order valence-corrected chi connectivity index (χ0v) is 21.5. The van der Waals surface area contributed by atoms with E-state index in [2.05, 4.69) is 31.3 Å². The summed E-state index contributed by atoms with van der Waals surface area (Å²) in [6.45, 7) is 1.35. The molecule has 38 heavy (non-hydrogen) atoms. The molecule has 1 amide bonds. The maximum Gasteiger partial charge on any atom is 0.263 e. The van der Waals surface area contributed by atoms with Crippen LogP contribution in [0.25, 0.3) is 10.9 Å². The number of nitrogens with one attached hydrogen (secondary N) is 2. The van der Waals surface area contributed by atoms with Crippen molar-refractivity contribution in [1.29, 1.82) is 5.26 Å². The van der Waals surface area contributed by atoms with Gasteiger partial charge in [0.25, 0.3) is 17.3 Å². The van der Waals surface area contributed by atoms with Crippen LogP contribution < -0.4 is 20.3 Å². The summed E-state index contributed by atoms with van der Waals surface area (Å²) in [4.78, 5) is 30.0. The molecule has 0 saturated heterocycles. The van der Waals surface area contributed by atoms with E-state index in [9.17, 15) is 9.59 Å². The predicted octanol–water partition coefficient (Wildman–Crippen LogP) is 2.87. The highest BCUT2D eigenvalue weighted by molar-refractivity contribution is 7.99. The molecule has 1 aromatic carbocycles. The Morgan fingerprint density at radius 2 is 1.89 bits per heavy atom. The van der Waals surface area contributed by atoms with Gasteiger partial charge < -0.3 is 14.6 Å². The number of nitrogens with zero attached hydrogens (tertiary/aromatic N) is 5. The van der Waals surface area contributed by atoms with Gasteiger partial charge in [0.15, 0.2) is 0 Å². The van der Waals surface area contributed by atoms with Crippen LogP contribution in [-0.4, -0.2) is 37.0 Å². The van der Waals surface area contributed by atoms with Gasteiger partial charge in [-0.3, -0.25) is 19.3 Å². The molecule has 0 aliphatic heterocycles. The molecule has 1 aliphatic rings. The molecule has 10 nitrogen and oxygen atoms in total. The number of aryl methyl sites for hydroxylation is 1. The average Bonchev–Trinajstić information content (AvgIpc) is 3.73. The van der Waals surface area contributed by atoms with Gasteiger partial charge in [0.2, 0.25) is 0 Å². The fraction of sp³-hybridized carbons (Fsp3) is 0.259. The van der Waals surface area contributed by atoms with E-state index in [-0.39, 0.29) is 22.7 Å². The first-order chi connectivity index (χ1) is 18.5. The van der Waals surface area contributed by atoms with E-state index in [1.807, 2.05) is 12.1 Å². The van der Waals surface area contributed by atoms with E-state index < -0.39 is 11.5 Å². The van der Waals surface area contributed by atoms with Crippen molar-refractivity contribution >= 4 is 28.8 Å². The quantitative estimate of drug-likeness (QED) is 0.299.